The highest BCUT2D eigenvalue weighted by Gasteiger charge is 2.28. The Morgan fingerprint density at radius 3 is 2.38 bits per heavy atom. The largest absolute Gasteiger partial charge is 0.368 e. The van der Waals surface area contributed by atoms with Gasteiger partial charge < -0.3 is 14.4 Å². The van der Waals surface area contributed by atoms with Crippen molar-refractivity contribution in [1.82, 2.24) is 14.4 Å². The first-order valence-electron chi connectivity index (χ1n) is 11.3. The molecule has 5 rings (SSSR count). The number of rotatable bonds is 4. The maximum atomic E-state index is 13.3. The van der Waals surface area contributed by atoms with Crippen molar-refractivity contribution >= 4 is 11.6 Å². The number of carbonyl (C=O) groups excluding carboxylic acids is 1. The van der Waals surface area contributed by atoms with Gasteiger partial charge in [-0.1, -0.05) is 30.3 Å². The normalized spacial score (nSPS) is 16.8. The fraction of sp³-hybridized carbons (Fsp3) is 0.346. The van der Waals surface area contributed by atoms with Crippen LogP contribution in [0.4, 0.5) is 10.1 Å². The molecule has 0 bridgehead atoms. The van der Waals surface area contributed by atoms with E-state index in [0.717, 1.165) is 50.5 Å². The van der Waals surface area contributed by atoms with Crippen LogP contribution in [-0.4, -0.2) is 53.0 Å². The monoisotopic (exact) mass is 432 g/mol. The molecule has 5 nitrogen and oxygen atoms in total. The van der Waals surface area contributed by atoms with Gasteiger partial charge in [0, 0.05) is 70.7 Å². The van der Waals surface area contributed by atoms with Gasteiger partial charge in [-0.25, -0.2) is 4.39 Å². The fourth-order valence-electron chi connectivity index (χ4n) is 4.92. The van der Waals surface area contributed by atoms with Crippen LogP contribution in [0.25, 0.3) is 0 Å². The number of hydrogen-bond donors (Lipinski definition) is 0. The number of hydrogen-bond acceptors (Lipinski definition) is 3. The van der Waals surface area contributed by atoms with Gasteiger partial charge in [-0.05, 0) is 41.5 Å². The average molecular weight is 433 g/mol. The van der Waals surface area contributed by atoms with E-state index in [1.165, 1.54) is 29.0 Å². The molecule has 0 N–H and O–H groups in total. The van der Waals surface area contributed by atoms with Crippen LogP contribution in [0.2, 0.25) is 0 Å². The number of benzene rings is 2. The van der Waals surface area contributed by atoms with Crippen molar-refractivity contribution in [3.8, 4) is 0 Å². The molecule has 1 saturated heterocycles. The molecule has 0 aliphatic carbocycles. The minimum absolute atomic E-state index is 0.107. The summed E-state index contributed by atoms with van der Waals surface area (Å²) in [5, 5.41) is 0. The Morgan fingerprint density at radius 2 is 1.66 bits per heavy atom. The molecule has 0 saturated carbocycles. The molecule has 0 unspecified atom stereocenters. The average Bonchev–Trinajstić information content (AvgIpc) is 3.15. The Morgan fingerprint density at radius 1 is 0.938 bits per heavy atom. The number of piperazine rings is 1. The molecule has 166 valence electrons. The van der Waals surface area contributed by atoms with Crippen LogP contribution in [0.3, 0.4) is 0 Å². The zero-order valence-electron chi connectivity index (χ0n) is 18.5. The van der Waals surface area contributed by atoms with Crippen LogP contribution >= 0.6 is 0 Å². The highest BCUT2D eigenvalue weighted by atomic mass is 19.1. The van der Waals surface area contributed by atoms with Crippen molar-refractivity contribution < 1.29 is 9.18 Å². The second-order valence-corrected chi connectivity index (χ2v) is 8.76. The highest BCUT2D eigenvalue weighted by Crippen LogP contribution is 2.25. The van der Waals surface area contributed by atoms with Gasteiger partial charge in [-0.2, -0.15) is 0 Å². The van der Waals surface area contributed by atoms with Crippen LogP contribution < -0.4 is 4.90 Å². The van der Waals surface area contributed by atoms with Crippen LogP contribution in [0, 0.1) is 5.82 Å². The summed E-state index contributed by atoms with van der Waals surface area (Å²) in [6.07, 6.45) is 0.963. The van der Waals surface area contributed by atoms with Crippen LogP contribution in [0.15, 0.2) is 60.7 Å². The first kappa shape index (κ1) is 20.8. The number of aromatic nitrogens is 1. The molecule has 2 aliphatic rings. The smallest absolute Gasteiger partial charge is 0.270 e. The number of amides is 1. The summed E-state index contributed by atoms with van der Waals surface area (Å²) in [6.45, 7) is 5.67. The van der Waals surface area contributed by atoms with Crippen molar-refractivity contribution in [3.05, 3.63) is 89.0 Å². The molecule has 2 aliphatic heterocycles. The predicted molar refractivity (Wildman–Crippen MR) is 124 cm³/mol. The number of carbonyl (C=O) groups is 1. The van der Waals surface area contributed by atoms with Gasteiger partial charge in [0.15, 0.2) is 0 Å². The molecule has 0 spiro atoms. The summed E-state index contributed by atoms with van der Waals surface area (Å²) in [5.74, 6) is -0.118. The molecule has 1 fully saturated rings. The Hall–Kier alpha value is -3.12. The van der Waals surface area contributed by atoms with Crippen molar-refractivity contribution in [1.29, 1.82) is 0 Å². The van der Waals surface area contributed by atoms with Gasteiger partial charge in [0.25, 0.3) is 5.91 Å². The summed E-state index contributed by atoms with van der Waals surface area (Å²) in [5.41, 5.74) is 5.66. The summed E-state index contributed by atoms with van der Waals surface area (Å²) in [7, 11) is 2.02. The molecule has 3 aromatic rings. The van der Waals surface area contributed by atoms with Crippen LogP contribution in [-0.2, 0) is 26.6 Å². The zero-order chi connectivity index (χ0) is 22.1. The lowest BCUT2D eigenvalue weighted by Crippen LogP contribution is -2.49. The van der Waals surface area contributed by atoms with E-state index >= 15 is 0 Å². The van der Waals surface area contributed by atoms with E-state index in [4.69, 9.17) is 0 Å². The molecule has 6 heteroatoms. The lowest BCUT2D eigenvalue weighted by molar-refractivity contribution is 0.0737. The number of fused-ring (bicyclic) bond motifs is 1. The maximum Gasteiger partial charge on any atom is 0.270 e. The lowest BCUT2D eigenvalue weighted by Gasteiger charge is -2.36. The van der Waals surface area contributed by atoms with E-state index in [9.17, 15) is 9.18 Å². The van der Waals surface area contributed by atoms with E-state index in [0.29, 0.717) is 13.1 Å². The summed E-state index contributed by atoms with van der Waals surface area (Å²) >= 11 is 0. The Kier molecular flexibility index (Phi) is 5.70. The van der Waals surface area contributed by atoms with E-state index in [-0.39, 0.29) is 11.7 Å². The Bertz CT molecular complexity index is 1090. The molecular formula is C26H29FN4O. The molecule has 1 aromatic heterocycles. The van der Waals surface area contributed by atoms with Gasteiger partial charge >= 0.3 is 0 Å². The fourth-order valence-corrected chi connectivity index (χ4v) is 4.92. The Labute approximate surface area is 188 Å². The van der Waals surface area contributed by atoms with Crippen molar-refractivity contribution in [2.24, 2.45) is 7.05 Å². The maximum absolute atomic E-state index is 13.3. The van der Waals surface area contributed by atoms with E-state index in [1.807, 2.05) is 18.0 Å². The van der Waals surface area contributed by atoms with Crippen molar-refractivity contribution in [2.75, 3.05) is 37.6 Å². The topological polar surface area (TPSA) is 31.7 Å². The van der Waals surface area contributed by atoms with Gasteiger partial charge in [0.2, 0.25) is 0 Å². The number of nitrogens with zero attached hydrogens (tertiary/aromatic N) is 4. The molecule has 3 heterocycles. The summed E-state index contributed by atoms with van der Waals surface area (Å²) in [6, 6.07) is 19.2. The van der Waals surface area contributed by atoms with Crippen LogP contribution in [0.1, 0.15) is 27.3 Å². The third-order valence-corrected chi connectivity index (χ3v) is 6.73. The quantitative estimate of drug-likeness (QED) is 0.630. The van der Waals surface area contributed by atoms with E-state index in [1.54, 1.807) is 12.1 Å². The molecular weight excluding hydrogens is 403 g/mol. The standard InChI is InChI=1S/C26H29FN4O/c1-28-24-11-12-29(18-20-5-3-2-4-6-20)19-21(24)17-25(28)26(32)31-15-13-30(14-16-31)23-9-7-22(27)8-10-23/h2-10,17H,11-16,18-19H2,1H3. The zero-order valence-corrected chi connectivity index (χ0v) is 18.5. The third-order valence-electron chi connectivity index (χ3n) is 6.73. The van der Waals surface area contributed by atoms with Gasteiger partial charge in [0.1, 0.15) is 11.5 Å². The second kappa shape index (κ2) is 8.79. The summed E-state index contributed by atoms with van der Waals surface area (Å²) in [4.78, 5) is 19.9. The van der Waals surface area contributed by atoms with Gasteiger partial charge in [0.05, 0.1) is 0 Å². The second-order valence-electron chi connectivity index (χ2n) is 8.76. The molecule has 2 aromatic carbocycles. The lowest BCUT2D eigenvalue weighted by atomic mass is 10.1. The minimum atomic E-state index is -0.224. The van der Waals surface area contributed by atoms with Crippen molar-refractivity contribution in [3.63, 3.8) is 0 Å². The van der Waals surface area contributed by atoms with Gasteiger partial charge in [-0.3, -0.25) is 9.69 Å². The Balaban J connectivity index is 1.24. The van der Waals surface area contributed by atoms with Crippen molar-refractivity contribution in [2.45, 2.75) is 19.5 Å². The molecule has 0 radical (unpaired) electrons. The van der Waals surface area contributed by atoms with Crippen LogP contribution in [0.5, 0.6) is 0 Å². The highest BCUT2D eigenvalue weighted by molar-refractivity contribution is 5.93. The van der Waals surface area contributed by atoms with E-state index < -0.39 is 0 Å². The third kappa shape index (κ3) is 4.15. The first-order valence-corrected chi connectivity index (χ1v) is 11.3. The molecule has 0 atom stereocenters. The SMILES string of the molecule is Cn1c(C(=O)N2CCN(c3ccc(F)cc3)CC2)cc2c1CCN(Cc1ccccc1)C2. The van der Waals surface area contributed by atoms with Gasteiger partial charge in [-0.15, -0.1) is 0 Å². The molecule has 32 heavy (non-hydrogen) atoms. The van der Waals surface area contributed by atoms with E-state index in [2.05, 4.69) is 44.7 Å². The molecule has 1 amide bonds. The predicted octanol–water partition coefficient (Wildman–Crippen LogP) is 3.68. The first-order chi connectivity index (χ1) is 15.6. The minimum Gasteiger partial charge on any atom is -0.368 e. The number of halogens is 1. The number of anilines is 1. The summed E-state index contributed by atoms with van der Waals surface area (Å²) < 4.78 is 15.3.